The summed E-state index contributed by atoms with van der Waals surface area (Å²) in [4.78, 5) is 19.7. The molecule has 4 rings (SSSR count). The molecule has 0 unspecified atom stereocenters. The topological polar surface area (TPSA) is 47.4 Å². The van der Waals surface area contributed by atoms with E-state index in [9.17, 15) is 4.79 Å². The number of thioether (sulfide) groups is 1. The molecule has 146 valence electrons. The van der Waals surface area contributed by atoms with Crippen LogP contribution in [0.3, 0.4) is 0 Å². The number of ether oxygens (including phenoxy) is 1. The molecule has 1 saturated carbocycles. The summed E-state index contributed by atoms with van der Waals surface area (Å²) in [5.41, 5.74) is 3.24. The number of hydrogen-bond donors (Lipinski definition) is 0. The van der Waals surface area contributed by atoms with Crippen molar-refractivity contribution in [3.63, 3.8) is 0 Å². The Morgan fingerprint density at radius 2 is 1.96 bits per heavy atom. The molecule has 2 aromatic carbocycles. The van der Waals surface area contributed by atoms with Crippen molar-refractivity contribution in [3.8, 4) is 5.75 Å². The van der Waals surface area contributed by atoms with Gasteiger partial charge < -0.3 is 14.2 Å². The monoisotopic (exact) mass is 395 g/mol. The molecule has 0 radical (unpaired) electrons. The van der Waals surface area contributed by atoms with Crippen LogP contribution < -0.4 is 4.74 Å². The van der Waals surface area contributed by atoms with E-state index in [1.807, 2.05) is 47.4 Å². The van der Waals surface area contributed by atoms with Crippen molar-refractivity contribution in [1.82, 2.24) is 14.5 Å². The summed E-state index contributed by atoms with van der Waals surface area (Å²) in [6, 6.07) is 16.5. The Kier molecular flexibility index (Phi) is 5.57. The Hall–Kier alpha value is -2.47. The van der Waals surface area contributed by atoms with E-state index in [0.717, 1.165) is 46.9 Å². The molecule has 28 heavy (non-hydrogen) atoms. The molecule has 0 spiro atoms. The van der Waals surface area contributed by atoms with Gasteiger partial charge in [0.05, 0.1) is 23.9 Å². The molecule has 6 heteroatoms. The highest BCUT2D eigenvalue weighted by Gasteiger charge is 2.32. The number of hydrogen-bond acceptors (Lipinski definition) is 4. The number of para-hydroxylation sites is 2. The molecular formula is C22H25N3O2S. The standard InChI is InChI=1S/C22H25N3O2S/c1-3-24-20-7-5-4-6-19(20)23-22(24)28-15-21(26)25(17-10-11-17)14-16-8-12-18(27-2)13-9-16/h4-9,12-13,17H,3,10-11,14-15H2,1-2H3. The SMILES string of the molecule is CCn1c(SCC(=O)N(Cc2ccc(OC)cc2)C2CC2)nc2ccccc21. The lowest BCUT2D eigenvalue weighted by molar-refractivity contribution is -0.129. The first-order valence-corrected chi connectivity index (χ1v) is 10.7. The van der Waals surface area contributed by atoms with Crippen LogP contribution >= 0.6 is 11.8 Å². The summed E-state index contributed by atoms with van der Waals surface area (Å²) in [6.07, 6.45) is 2.19. The van der Waals surface area contributed by atoms with Gasteiger partial charge in [0.1, 0.15) is 5.75 Å². The summed E-state index contributed by atoms with van der Waals surface area (Å²) in [7, 11) is 1.66. The lowest BCUT2D eigenvalue weighted by Gasteiger charge is -2.22. The molecule has 0 atom stereocenters. The maximum absolute atomic E-state index is 13.0. The number of rotatable bonds is 8. The van der Waals surface area contributed by atoms with E-state index in [0.29, 0.717) is 18.3 Å². The minimum atomic E-state index is 0.179. The van der Waals surface area contributed by atoms with Crippen LogP contribution in [-0.2, 0) is 17.9 Å². The molecule has 3 aromatic rings. The molecule has 1 aliphatic rings. The fraction of sp³-hybridized carbons (Fsp3) is 0.364. The number of carbonyl (C=O) groups is 1. The van der Waals surface area contributed by atoms with Crippen LogP contribution in [0.15, 0.2) is 53.7 Å². The molecule has 0 bridgehead atoms. The van der Waals surface area contributed by atoms with Crippen molar-refractivity contribution in [2.24, 2.45) is 0 Å². The van der Waals surface area contributed by atoms with Crippen LogP contribution in [-0.4, -0.2) is 39.3 Å². The third kappa shape index (κ3) is 4.02. The van der Waals surface area contributed by atoms with Crippen LogP contribution in [0.25, 0.3) is 11.0 Å². The number of amides is 1. The Morgan fingerprint density at radius 1 is 1.21 bits per heavy atom. The van der Waals surface area contributed by atoms with E-state index < -0.39 is 0 Å². The predicted octanol–water partition coefficient (Wildman–Crippen LogP) is 4.35. The maximum atomic E-state index is 13.0. The Labute approximate surface area is 169 Å². The second-order valence-electron chi connectivity index (χ2n) is 7.02. The summed E-state index contributed by atoms with van der Waals surface area (Å²) >= 11 is 1.54. The molecule has 0 saturated heterocycles. The molecule has 1 aliphatic carbocycles. The summed E-state index contributed by atoms with van der Waals surface area (Å²) in [5.74, 6) is 1.43. The van der Waals surface area contributed by atoms with Crippen molar-refractivity contribution in [2.75, 3.05) is 12.9 Å². The molecule has 1 heterocycles. The summed E-state index contributed by atoms with van der Waals surface area (Å²) in [5, 5.41) is 0.914. The van der Waals surface area contributed by atoms with Gasteiger partial charge >= 0.3 is 0 Å². The number of methoxy groups -OCH3 is 1. The first-order chi connectivity index (χ1) is 13.7. The normalized spacial score (nSPS) is 13.6. The second-order valence-corrected chi connectivity index (χ2v) is 7.96. The fourth-order valence-corrected chi connectivity index (χ4v) is 4.38. The number of imidazole rings is 1. The lowest BCUT2D eigenvalue weighted by Crippen LogP contribution is -2.34. The van der Waals surface area contributed by atoms with Gasteiger partial charge in [0.2, 0.25) is 5.91 Å². The number of aromatic nitrogens is 2. The highest BCUT2D eigenvalue weighted by atomic mass is 32.2. The Bertz CT molecular complexity index is 964. The van der Waals surface area contributed by atoms with Crippen molar-refractivity contribution in [2.45, 2.75) is 44.1 Å². The van der Waals surface area contributed by atoms with Crippen LogP contribution in [0.4, 0.5) is 0 Å². The van der Waals surface area contributed by atoms with E-state index in [1.54, 1.807) is 7.11 Å². The zero-order valence-electron chi connectivity index (χ0n) is 16.3. The van der Waals surface area contributed by atoms with Crippen molar-refractivity contribution in [3.05, 3.63) is 54.1 Å². The largest absolute Gasteiger partial charge is 0.497 e. The number of carbonyl (C=O) groups excluding carboxylic acids is 1. The third-order valence-electron chi connectivity index (χ3n) is 5.08. The molecule has 1 amide bonds. The zero-order valence-corrected chi connectivity index (χ0v) is 17.1. The first-order valence-electron chi connectivity index (χ1n) is 9.70. The maximum Gasteiger partial charge on any atom is 0.233 e. The summed E-state index contributed by atoms with van der Waals surface area (Å²) in [6.45, 7) is 3.60. The van der Waals surface area contributed by atoms with Crippen LogP contribution in [0.2, 0.25) is 0 Å². The predicted molar refractivity (Wildman–Crippen MR) is 113 cm³/mol. The smallest absolute Gasteiger partial charge is 0.233 e. The Morgan fingerprint density at radius 3 is 2.64 bits per heavy atom. The summed E-state index contributed by atoms with van der Waals surface area (Å²) < 4.78 is 7.40. The van der Waals surface area contributed by atoms with Gasteiger partial charge in [0, 0.05) is 19.1 Å². The molecule has 1 fully saturated rings. The van der Waals surface area contributed by atoms with Gasteiger partial charge in [-0.15, -0.1) is 0 Å². The number of fused-ring (bicyclic) bond motifs is 1. The van der Waals surface area contributed by atoms with Crippen LogP contribution in [0.5, 0.6) is 5.75 Å². The second kappa shape index (κ2) is 8.27. The quantitative estimate of drug-likeness (QED) is 0.532. The average Bonchev–Trinajstić information content (AvgIpc) is 3.51. The van der Waals surface area contributed by atoms with Gasteiger partial charge in [-0.2, -0.15) is 0 Å². The molecule has 0 N–H and O–H groups in total. The fourth-order valence-electron chi connectivity index (χ4n) is 3.41. The average molecular weight is 396 g/mol. The van der Waals surface area contributed by atoms with E-state index in [1.165, 1.54) is 11.8 Å². The van der Waals surface area contributed by atoms with Crippen LogP contribution in [0, 0.1) is 0 Å². The van der Waals surface area contributed by atoms with Gasteiger partial charge in [0.15, 0.2) is 5.16 Å². The van der Waals surface area contributed by atoms with Gasteiger partial charge in [0.25, 0.3) is 0 Å². The van der Waals surface area contributed by atoms with E-state index in [4.69, 9.17) is 9.72 Å². The van der Waals surface area contributed by atoms with E-state index in [2.05, 4.69) is 17.6 Å². The van der Waals surface area contributed by atoms with Crippen molar-refractivity contribution in [1.29, 1.82) is 0 Å². The van der Waals surface area contributed by atoms with Gasteiger partial charge in [-0.25, -0.2) is 4.98 Å². The minimum Gasteiger partial charge on any atom is -0.497 e. The van der Waals surface area contributed by atoms with Gasteiger partial charge in [-0.3, -0.25) is 4.79 Å². The number of aryl methyl sites for hydroxylation is 1. The lowest BCUT2D eigenvalue weighted by atomic mass is 10.2. The highest BCUT2D eigenvalue weighted by molar-refractivity contribution is 7.99. The zero-order chi connectivity index (χ0) is 19.5. The third-order valence-corrected chi connectivity index (χ3v) is 6.04. The number of nitrogens with zero attached hydrogens (tertiary/aromatic N) is 3. The highest BCUT2D eigenvalue weighted by Crippen LogP contribution is 2.31. The number of benzene rings is 2. The van der Waals surface area contributed by atoms with Crippen molar-refractivity contribution >= 4 is 28.7 Å². The van der Waals surface area contributed by atoms with E-state index in [-0.39, 0.29) is 5.91 Å². The molecule has 5 nitrogen and oxygen atoms in total. The Balaban J connectivity index is 1.45. The molecule has 1 aromatic heterocycles. The van der Waals surface area contributed by atoms with E-state index >= 15 is 0 Å². The molecular weight excluding hydrogens is 370 g/mol. The van der Waals surface area contributed by atoms with Crippen molar-refractivity contribution < 1.29 is 9.53 Å². The van der Waals surface area contributed by atoms with Crippen LogP contribution in [0.1, 0.15) is 25.3 Å². The molecule has 0 aliphatic heterocycles. The van der Waals surface area contributed by atoms with Gasteiger partial charge in [-0.05, 0) is 49.6 Å². The first kappa shape index (κ1) is 18.9. The minimum absolute atomic E-state index is 0.179. The van der Waals surface area contributed by atoms with Gasteiger partial charge in [-0.1, -0.05) is 36.0 Å².